The van der Waals surface area contributed by atoms with Gasteiger partial charge in [-0.25, -0.2) is 0 Å². The van der Waals surface area contributed by atoms with Crippen molar-refractivity contribution in [1.29, 1.82) is 0 Å². The topological polar surface area (TPSA) is 72.2 Å². The van der Waals surface area contributed by atoms with E-state index in [9.17, 15) is 4.79 Å². The zero-order valence-electron chi connectivity index (χ0n) is 15.8. The molecule has 0 saturated carbocycles. The van der Waals surface area contributed by atoms with Crippen molar-refractivity contribution in [3.05, 3.63) is 87.7 Å². The number of hydrogen-bond donors (Lipinski definition) is 1. The van der Waals surface area contributed by atoms with E-state index in [2.05, 4.69) is 15.5 Å². The van der Waals surface area contributed by atoms with E-state index in [0.29, 0.717) is 32.8 Å². The van der Waals surface area contributed by atoms with E-state index in [1.54, 1.807) is 34.1 Å². The van der Waals surface area contributed by atoms with E-state index in [1.165, 1.54) is 0 Å². The van der Waals surface area contributed by atoms with Crippen LogP contribution >= 0.6 is 34.5 Å². The van der Waals surface area contributed by atoms with Crippen LogP contribution in [-0.4, -0.2) is 25.7 Å². The quantitative estimate of drug-likeness (QED) is 0.349. The van der Waals surface area contributed by atoms with Crippen LogP contribution in [0, 0.1) is 0 Å². The molecule has 152 valence electrons. The molecule has 31 heavy (non-hydrogen) atoms. The maximum Gasteiger partial charge on any atom is 0.257 e. The van der Waals surface area contributed by atoms with E-state index in [0.717, 1.165) is 16.1 Å². The van der Waals surface area contributed by atoms with Crippen molar-refractivity contribution in [3.63, 3.8) is 0 Å². The Hall–Kier alpha value is -3.26. The number of carbonyl (C=O) groups is 1. The Morgan fingerprint density at radius 3 is 2.55 bits per heavy atom. The molecule has 0 fully saturated rings. The molecule has 0 aliphatic heterocycles. The molecule has 0 spiro atoms. The molecule has 0 aliphatic carbocycles. The van der Waals surface area contributed by atoms with E-state index >= 15 is 0 Å². The molecule has 9 heteroatoms. The lowest BCUT2D eigenvalue weighted by Crippen LogP contribution is -2.12. The molecule has 0 bridgehead atoms. The zero-order chi connectivity index (χ0) is 21.4. The van der Waals surface area contributed by atoms with Crippen molar-refractivity contribution in [1.82, 2.24) is 19.8 Å². The first kappa shape index (κ1) is 19.7. The highest BCUT2D eigenvalue weighted by Gasteiger charge is 2.13. The van der Waals surface area contributed by atoms with E-state index in [4.69, 9.17) is 28.3 Å². The molecule has 0 radical (unpaired) electrons. The lowest BCUT2D eigenvalue weighted by Gasteiger charge is -2.08. The van der Waals surface area contributed by atoms with E-state index < -0.39 is 0 Å². The molecular weight excluding hydrogens is 453 g/mol. The summed E-state index contributed by atoms with van der Waals surface area (Å²) in [5, 5.41) is 18.8. The Morgan fingerprint density at radius 2 is 1.81 bits per heavy atom. The minimum absolute atomic E-state index is 0.301. The van der Waals surface area contributed by atoms with Crippen LogP contribution in [0.4, 0.5) is 5.69 Å². The first-order valence-corrected chi connectivity index (χ1v) is 10.9. The fraction of sp³-hybridized carbons (Fsp3) is 0. The van der Waals surface area contributed by atoms with Crippen LogP contribution in [0.25, 0.3) is 27.6 Å². The summed E-state index contributed by atoms with van der Waals surface area (Å²) in [7, 11) is 0. The van der Waals surface area contributed by atoms with Crippen LogP contribution < -0.4 is 5.32 Å². The first-order valence-electron chi connectivity index (χ1n) is 9.22. The third kappa shape index (κ3) is 3.90. The molecule has 3 aromatic heterocycles. The van der Waals surface area contributed by atoms with Gasteiger partial charge in [0.2, 0.25) is 0 Å². The van der Waals surface area contributed by atoms with Gasteiger partial charge < -0.3 is 5.32 Å². The summed E-state index contributed by atoms with van der Waals surface area (Å²) < 4.78 is 1.74. The zero-order valence-corrected chi connectivity index (χ0v) is 18.1. The number of thiophene rings is 1. The predicted molar refractivity (Wildman–Crippen MR) is 124 cm³/mol. The second-order valence-electron chi connectivity index (χ2n) is 6.65. The van der Waals surface area contributed by atoms with Gasteiger partial charge >= 0.3 is 0 Å². The number of benzene rings is 2. The maximum absolute atomic E-state index is 12.5. The van der Waals surface area contributed by atoms with Crippen molar-refractivity contribution in [2.45, 2.75) is 0 Å². The predicted octanol–water partition coefficient (Wildman–Crippen LogP) is 6.08. The molecule has 0 aliphatic rings. The molecule has 5 rings (SSSR count). The fourth-order valence-electron chi connectivity index (χ4n) is 3.10. The molecule has 6 nitrogen and oxygen atoms in total. The van der Waals surface area contributed by atoms with Gasteiger partial charge in [-0.05, 0) is 53.9 Å². The van der Waals surface area contributed by atoms with Gasteiger partial charge in [-0.15, -0.1) is 21.5 Å². The van der Waals surface area contributed by atoms with Crippen molar-refractivity contribution < 1.29 is 4.79 Å². The van der Waals surface area contributed by atoms with Crippen molar-refractivity contribution in [3.8, 4) is 22.0 Å². The van der Waals surface area contributed by atoms with Gasteiger partial charge in [-0.1, -0.05) is 41.4 Å². The maximum atomic E-state index is 12.5. The number of nitrogens with one attached hydrogen (secondary N) is 1. The lowest BCUT2D eigenvalue weighted by molar-refractivity contribution is 0.102. The SMILES string of the molecule is O=C(Nc1ccc(-c2ccc3nnc(-c4cccs4)n3n2)cc1)c1ccc(Cl)cc1Cl. The highest BCUT2D eigenvalue weighted by atomic mass is 35.5. The van der Waals surface area contributed by atoms with Crippen LogP contribution in [0.5, 0.6) is 0 Å². The van der Waals surface area contributed by atoms with E-state index in [1.807, 2.05) is 53.9 Å². The number of anilines is 1. The summed E-state index contributed by atoms with van der Waals surface area (Å²) in [6.45, 7) is 0. The Labute approximate surface area is 191 Å². The summed E-state index contributed by atoms with van der Waals surface area (Å²) in [6.07, 6.45) is 0. The Kier molecular flexibility index (Phi) is 5.15. The molecule has 0 saturated heterocycles. The number of rotatable bonds is 4. The largest absolute Gasteiger partial charge is 0.322 e. The number of hydrogen-bond acceptors (Lipinski definition) is 5. The Bertz CT molecular complexity index is 1400. The van der Waals surface area contributed by atoms with Crippen molar-refractivity contribution >= 4 is 51.8 Å². The number of halogens is 2. The monoisotopic (exact) mass is 465 g/mol. The van der Waals surface area contributed by atoms with Gasteiger partial charge in [-0.3, -0.25) is 4.79 Å². The summed E-state index contributed by atoms with van der Waals surface area (Å²) in [5.74, 6) is 0.398. The average Bonchev–Trinajstić information content (AvgIpc) is 3.43. The van der Waals surface area contributed by atoms with Gasteiger partial charge in [0.15, 0.2) is 11.5 Å². The van der Waals surface area contributed by atoms with Crippen molar-refractivity contribution in [2.75, 3.05) is 5.32 Å². The normalized spacial score (nSPS) is 11.0. The second kappa shape index (κ2) is 8.11. The van der Waals surface area contributed by atoms with Gasteiger partial charge in [0.05, 0.1) is 21.2 Å². The number of amides is 1. The minimum atomic E-state index is -0.306. The third-order valence-electron chi connectivity index (χ3n) is 4.62. The van der Waals surface area contributed by atoms with Gasteiger partial charge in [-0.2, -0.15) is 9.61 Å². The molecule has 1 amide bonds. The first-order chi connectivity index (χ1) is 15.1. The van der Waals surface area contributed by atoms with Crippen molar-refractivity contribution in [2.24, 2.45) is 0 Å². The fourth-order valence-corrected chi connectivity index (χ4v) is 4.29. The number of fused-ring (bicyclic) bond motifs is 1. The smallest absolute Gasteiger partial charge is 0.257 e. The minimum Gasteiger partial charge on any atom is -0.322 e. The molecular formula is C22H13Cl2N5OS. The third-order valence-corrected chi connectivity index (χ3v) is 6.03. The van der Waals surface area contributed by atoms with Crippen LogP contribution in [0.3, 0.4) is 0 Å². The molecule has 0 atom stereocenters. The van der Waals surface area contributed by atoms with Gasteiger partial charge in [0.1, 0.15) is 0 Å². The Morgan fingerprint density at radius 1 is 0.968 bits per heavy atom. The number of nitrogens with zero attached hydrogens (tertiary/aromatic N) is 4. The summed E-state index contributed by atoms with van der Waals surface area (Å²) in [4.78, 5) is 13.5. The summed E-state index contributed by atoms with van der Waals surface area (Å²) >= 11 is 13.6. The van der Waals surface area contributed by atoms with Crippen LogP contribution in [-0.2, 0) is 0 Å². The van der Waals surface area contributed by atoms with Crippen LogP contribution in [0.2, 0.25) is 10.0 Å². The van der Waals surface area contributed by atoms with Gasteiger partial charge in [0, 0.05) is 16.3 Å². The summed E-state index contributed by atoms with van der Waals surface area (Å²) in [6, 6.07) is 19.9. The average molecular weight is 466 g/mol. The van der Waals surface area contributed by atoms with Crippen LogP contribution in [0.15, 0.2) is 72.1 Å². The summed E-state index contributed by atoms with van der Waals surface area (Å²) in [5.41, 5.74) is 3.34. The standard InChI is InChI=1S/C22H13Cl2N5OS/c23-14-5-8-16(17(24)12-14)22(30)25-15-6-3-13(4-7-15)18-9-10-20-26-27-21(29(20)28-18)19-2-1-11-31-19/h1-12H,(H,25,30). The molecule has 5 aromatic rings. The highest BCUT2D eigenvalue weighted by molar-refractivity contribution is 7.13. The number of carbonyl (C=O) groups excluding carboxylic acids is 1. The highest BCUT2D eigenvalue weighted by Crippen LogP contribution is 2.26. The van der Waals surface area contributed by atoms with Gasteiger partial charge in [0.25, 0.3) is 5.91 Å². The second-order valence-corrected chi connectivity index (χ2v) is 8.44. The Balaban J connectivity index is 1.40. The molecule has 1 N–H and O–H groups in total. The molecule has 0 unspecified atom stereocenters. The molecule has 3 heterocycles. The number of aromatic nitrogens is 4. The van der Waals surface area contributed by atoms with Crippen LogP contribution in [0.1, 0.15) is 10.4 Å². The lowest BCUT2D eigenvalue weighted by atomic mass is 10.1. The van der Waals surface area contributed by atoms with E-state index in [-0.39, 0.29) is 5.91 Å². The molecule has 2 aromatic carbocycles.